The van der Waals surface area contributed by atoms with Gasteiger partial charge in [-0.1, -0.05) is 54.6 Å². The Hall–Kier alpha value is -2.03. The van der Waals surface area contributed by atoms with E-state index < -0.39 is 6.10 Å². The van der Waals surface area contributed by atoms with Crippen molar-refractivity contribution < 1.29 is 28.8 Å². The van der Waals surface area contributed by atoms with Crippen LogP contribution in [-0.4, -0.2) is 61.7 Å². The highest BCUT2D eigenvalue weighted by Crippen LogP contribution is 2.42. The number of unbranched alkanes of at least 4 members (excludes halogenated alkanes) is 1. The van der Waals surface area contributed by atoms with E-state index in [1.54, 1.807) is 0 Å². The molecule has 2 aliphatic heterocycles. The SMILES string of the molecule is CCNC(=O)CCC/C=C\C[C@@H]1[C@@H](/C=C/[C@@H](O)CCc2ccccc2)[C@H](OC2CCCCO2)C[C@@H]1OC1CCCCO1. The van der Waals surface area contributed by atoms with Crippen LogP contribution < -0.4 is 5.32 Å². The van der Waals surface area contributed by atoms with E-state index >= 15 is 0 Å². The normalized spacial score (nSPS) is 29.3. The summed E-state index contributed by atoms with van der Waals surface area (Å²) in [6, 6.07) is 10.3. The summed E-state index contributed by atoms with van der Waals surface area (Å²) in [5.41, 5.74) is 1.23. The molecule has 0 spiro atoms. The Morgan fingerprint density at radius 3 is 2.40 bits per heavy atom. The fraction of sp³-hybridized carbons (Fsp3) is 0.686. The minimum absolute atomic E-state index is 0.00205. The van der Waals surface area contributed by atoms with Crippen molar-refractivity contribution in [2.75, 3.05) is 19.8 Å². The first-order valence-corrected chi connectivity index (χ1v) is 16.5. The van der Waals surface area contributed by atoms with Crippen molar-refractivity contribution in [1.29, 1.82) is 0 Å². The van der Waals surface area contributed by atoms with Crippen LogP contribution in [0.4, 0.5) is 0 Å². The molecule has 7 atom stereocenters. The Morgan fingerprint density at radius 2 is 1.74 bits per heavy atom. The van der Waals surface area contributed by atoms with Crippen LogP contribution in [0.5, 0.6) is 0 Å². The van der Waals surface area contributed by atoms with Crippen molar-refractivity contribution in [2.24, 2.45) is 11.8 Å². The van der Waals surface area contributed by atoms with Gasteiger partial charge in [0.05, 0.1) is 18.3 Å². The maximum Gasteiger partial charge on any atom is 0.219 e. The molecule has 1 saturated carbocycles. The number of aryl methyl sites for hydroxylation is 1. The topological polar surface area (TPSA) is 86.3 Å². The highest BCUT2D eigenvalue weighted by molar-refractivity contribution is 5.75. The van der Waals surface area contributed by atoms with Crippen molar-refractivity contribution in [3.8, 4) is 0 Å². The minimum Gasteiger partial charge on any atom is -0.389 e. The van der Waals surface area contributed by atoms with Gasteiger partial charge in [-0.05, 0) is 89.0 Å². The molecule has 3 aliphatic rings. The predicted molar refractivity (Wildman–Crippen MR) is 165 cm³/mol. The molecular weight excluding hydrogens is 530 g/mol. The number of allylic oxidation sites excluding steroid dienone is 2. The highest BCUT2D eigenvalue weighted by Gasteiger charge is 2.45. The number of aliphatic hydroxyl groups excluding tert-OH is 1. The van der Waals surface area contributed by atoms with E-state index in [1.807, 2.05) is 31.2 Å². The Kier molecular flexibility index (Phi) is 14.6. The Balaban J connectivity index is 1.43. The number of aliphatic hydroxyl groups is 1. The van der Waals surface area contributed by atoms with Gasteiger partial charge in [0.2, 0.25) is 5.91 Å². The molecule has 42 heavy (non-hydrogen) atoms. The highest BCUT2D eigenvalue weighted by atomic mass is 16.7. The van der Waals surface area contributed by atoms with E-state index in [0.717, 1.165) is 83.8 Å². The second-order valence-corrected chi connectivity index (χ2v) is 11.9. The monoisotopic (exact) mass is 583 g/mol. The lowest BCUT2D eigenvalue weighted by Crippen LogP contribution is -2.31. The summed E-state index contributed by atoms with van der Waals surface area (Å²) in [5, 5.41) is 13.8. The predicted octanol–water partition coefficient (Wildman–Crippen LogP) is 6.25. The van der Waals surface area contributed by atoms with Gasteiger partial charge in [0.25, 0.3) is 0 Å². The smallest absolute Gasteiger partial charge is 0.219 e. The van der Waals surface area contributed by atoms with Crippen LogP contribution in [0.25, 0.3) is 0 Å². The van der Waals surface area contributed by atoms with Crippen molar-refractivity contribution in [1.82, 2.24) is 5.32 Å². The van der Waals surface area contributed by atoms with Crippen molar-refractivity contribution in [2.45, 2.75) is 121 Å². The van der Waals surface area contributed by atoms with Gasteiger partial charge >= 0.3 is 0 Å². The van der Waals surface area contributed by atoms with E-state index in [4.69, 9.17) is 18.9 Å². The number of rotatable bonds is 16. The molecule has 2 heterocycles. The molecule has 4 rings (SSSR count). The van der Waals surface area contributed by atoms with Gasteiger partial charge in [0.1, 0.15) is 0 Å². The first kappa shape index (κ1) is 32.9. The van der Waals surface area contributed by atoms with Crippen LogP contribution in [0.3, 0.4) is 0 Å². The van der Waals surface area contributed by atoms with Gasteiger partial charge in [0.15, 0.2) is 12.6 Å². The van der Waals surface area contributed by atoms with Crippen LogP contribution in [0.1, 0.15) is 89.5 Å². The quantitative estimate of drug-likeness (QED) is 0.177. The van der Waals surface area contributed by atoms with Gasteiger partial charge in [-0.3, -0.25) is 4.79 Å². The average Bonchev–Trinajstić information content (AvgIpc) is 3.33. The third-order valence-corrected chi connectivity index (χ3v) is 8.65. The average molecular weight is 584 g/mol. The molecule has 7 heteroatoms. The van der Waals surface area contributed by atoms with Crippen LogP contribution in [-0.2, 0) is 30.2 Å². The summed E-state index contributed by atoms with van der Waals surface area (Å²) >= 11 is 0. The third kappa shape index (κ3) is 11.2. The van der Waals surface area contributed by atoms with E-state index in [9.17, 15) is 9.90 Å². The number of hydrogen-bond donors (Lipinski definition) is 2. The van der Waals surface area contributed by atoms with E-state index in [-0.39, 0.29) is 42.5 Å². The largest absolute Gasteiger partial charge is 0.389 e. The van der Waals surface area contributed by atoms with E-state index in [0.29, 0.717) is 19.4 Å². The molecule has 3 fully saturated rings. The first-order valence-electron chi connectivity index (χ1n) is 16.5. The standard InChI is InChI=1S/C35H53NO6/c1-2-36-33(38)17-9-4-3-8-16-29-30(23-22-28(37)21-20-27-14-6-5-7-15-27)32(42-35-19-11-13-25-40-35)26-31(29)41-34-18-10-12-24-39-34/h3,5-8,14-15,22-23,28-32,34-35,37H,2,4,9-13,16-21,24-26H2,1H3,(H,36,38)/b8-3-,23-22+/t28-,29+,30+,31-,32+,34?,35?/m0/s1. The molecular formula is C35H53NO6. The molecule has 1 amide bonds. The first-order chi connectivity index (χ1) is 20.6. The summed E-state index contributed by atoms with van der Waals surface area (Å²) in [6.07, 6.45) is 19.3. The maximum atomic E-state index is 11.8. The molecule has 0 bridgehead atoms. The van der Waals surface area contributed by atoms with Crippen LogP contribution in [0.15, 0.2) is 54.6 Å². The number of carbonyl (C=O) groups is 1. The van der Waals surface area contributed by atoms with E-state index in [2.05, 4.69) is 35.7 Å². The van der Waals surface area contributed by atoms with Crippen molar-refractivity contribution >= 4 is 5.91 Å². The number of nitrogens with one attached hydrogen (secondary N) is 1. The van der Waals surface area contributed by atoms with Crippen LogP contribution in [0.2, 0.25) is 0 Å². The molecule has 1 aliphatic carbocycles. The van der Waals surface area contributed by atoms with Crippen LogP contribution >= 0.6 is 0 Å². The fourth-order valence-corrected chi connectivity index (χ4v) is 6.34. The van der Waals surface area contributed by atoms with Crippen LogP contribution in [0, 0.1) is 11.8 Å². The second kappa shape index (κ2) is 18.6. The van der Waals surface area contributed by atoms with Gasteiger partial charge in [0, 0.05) is 38.5 Å². The van der Waals surface area contributed by atoms with E-state index in [1.165, 1.54) is 5.56 Å². The van der Waals surface area contributed by atoms with Gasteiger partial charge in [-0.15, -0.1) is 0 Å². The molecule has 0 radical (unpaired) electrons. The maximum absolute atomic E-state index is 11.8. The zero-order valence-corrected chi connectivity index (χ0v) is 25.5. The van der Waals surface area contributed by atoms with Gasteiger partial charge in [-0.2, -0.15) is 0 Å². The Bertz CT molecular complexity index is 940. The van der Waals surface area contributed by atoms with Crippen molar-refractivity contribution in [3.63, 3.8) is 0 Å². The molecule has 234 valence electrons. The zero-order valence-electron chi connectivity index (χ0n) is 25.5. The minimum atomic E-state index is -0.524. The molecule has 7 nitrogen and oxygen atoms in total. The number of hydrogen-bond acceptors (Lipinski definition) is 6. The lowest BCUT2D eigenvalue weighted by atomic mass is 9.89. The Morgan fingerprint density at radius 1 is 1.02 bits per heavy atom. The number of carbonyl (C=O) groups excluding carboxylic acids is 1. The summed E-state index contributed by atoms with van der Waals surface area (Å²) < 4.78 is 25.2. The summed E-state index contributed by atoms with van der Waals surface area (Å²) in [4.78, 5) is 11.8. The molecule has 2 unspecified atom stereocenters. The third-order valence-electron chi connectivity index (χ3n) is 8.65. The lowest BCUT2D eigenvalue weighted by molar-refractivity contribution is -0.203. The number of ether oxygens (including phenoxy) is 4. The number of benzene rings is 1. The summed E-state index contributed by atoms with van der Waals surface area (Å²) in [7, 11) is 0. The fourth-order valence-electron chi connectivity index (χ4n) is 6.34. The molecule has 2 N–H and O–H groups in total. The summed E-state index contributed by atoms with van der Waals surface area (Å²) in [6.45, 7) is 4.11. The molecule has 1 aromatic carbocycles. The van der Waals surface area contributed by atoms with Crippen molar-refractivity contribution in [3.05, 3.63) is 60.2 Å². The zero-order chi connectivity index (χ0) is 29.4. The lowest BCUT2D eigenvalue weighted by Gasteiger charge is -2.30. The van der Waals surface area contributed by atoms with Gasteiger partial charge in [-0.25, -0.2) is 0 Å². The number of amides is 1. The molecule has 0 aromatic heterocycles. The molecule has 2 saturated heterocycles. The van der Waals surface area contributed by atoms with Gasteiger partial charge < -0.3 is 29.4 Å². The Labute approximate surface area is 253 Å². The summed E-state index contributed by atoms with van der Waals surface area (Å²) in [5.74, 6) is 0.403. The second-order valence-electron chi connectivity index (χ2n) is 11.9. The molecule has 1 aromatic rings.